The molecule has 0 spiro atoms. The van der Waals surface area contributed by atoms with Gasteiger partial charge in [0, 0.05) is 18.3 Å². The molecule has 0 bridgehead atoms. The second-order valence-corrected chi connectivity index (χ2v) is 3.29. The average Bonchev–Trinajstić information content (AvgIpc) is 2.18. The lowest BCUT2D eigenvalue weighted by Gasteiger charge is -2.05. The summed E-state index contributed by atoms with van der Waals surface area (Å²) in [6, 6.07) is 0. The predicted octanol–water partition coefficient (Wildman–Crippen LogP) is 0.807. The molecule has 0 aromatic carbocycles. The highest BCUT2D eigenvalue weighted by atomic mass is 35.5. The van der Waals surface area contributed by atoms with Gasteiger partial charge in [0.2, 0.25) is 0 Å². The molecule has 4 nitrogen and oxygen atoms in total. The van der Waals surface area contributed by atoms with E-state index in [0.717, 1.165) is 5.56 Å². The first kappa shape index (κ1) is 11.2. The first-order chi connectivity index (χ1) is 6.74. The van der Waals surface area contributed by atoms with Crippen LogP contribution in [0.15, 0.2) is 17.2 Å². The van der Waals surface area contributed by atoms with Gasteiger partial charge in [-0.1, -0.05) is 0 Å². The zero-order valence-corrected chi connectivity index (χ0v) is 8.83. The Morgan fingerprint density at radius 2 is 2.36 bits per heavy atom. The van der Waals surface area contributed by atoms with E-state index in [-0.39, 0.29) is 5.69 Å². The molecule has 0 saturated heterocycles. The summed E-state index contributed by atoms with van der Waals surface area (Å²) in [4.78, 5) is 14.9. The van der Waals surface area contributed by atoms with Crippen LogP contribution in [-0.2, 0) is 11.3 Å². The van der Waals surface area contributed by atoms with Crippen LogP contribution in [0, 0.1) is 6.92 Å². The SMILES string of the molecule is Cc1cnc(=O)n(CCOCCCl)c1. The number of ether oxygens (including phenoxy) is 1. The summed E-state index contributed by atoms with van der Waals surface area (Å²) in [7, 11) is 0. The molecule has 1 heterocycles. The van der Waals surface area contributed by atoms with Crippen LogP contribution < -0.4 is 5.69 Å². The molecule has 14 heavy (non-hydrogen) atoms. The fourth-order valence-corrected chi connectivity index (χ4v) is 1.15. The monoisotopic (exact) mass is 216 g/mol. The number of rotatable bonds is 5. The third kappa shape index (κ3) is 3.47. The van der Waals surface area contributed by atoms with Crippen molar-refractivity contribution in [1.82, 2.24) is 9.55 Å². The van der Waals surface area contributed by atoms with E-state index in [1.807, 2.05) is 6.92 Å². The molecule has 5 heteroatoms. The van der Waals surface area contributed by atoms with Crippen molar-refractivity contribution in [3.8, 4) is 0 Å². The van der Waals surface area contributed by atoms with Crippen LogP contribution in [0.2, 0.25) is 0 Å². The Hall–Kier alpha value is -0.870. The third-order valence-corrected chi connectivity index (χ3v) is 1.84. The van der Waals surface area contributed by atoms with Gasteiger partial charge in [0.05, 0.1) is 19.8 Å². The molecular formula is C9H13ClN2O2. The summed E-state index contributed by atoms with van der Waals surface area (Å²) in [6.07, 6.45) is 3.32. The molecule has 78 valence electrons. The highest BCUT2D eigenvalue weighted by molar-refractivity contribution is 6.17. The van der Waals surface area contributed by atoms with Crippen molar-refractivity contribution in [2.75, 3.05) is 19.1 Å². The van der Waals surface area contributed by atoms with Crippen LogP contribution in [-0.4, -0.2) is 28.6 Å². The minimum Gasteiger partial charge on any atom is -0.378 e. The van der Waals surface area contributed by atoms with Crippen molar-refractivity contribution in [2.24, 2.45) is 0 Å². The molecule has 1 rings (SSSR count). The number of aryl methyl sites for hydroxylation is 1. The molecule has 0 fully saturated rings. The molecule has 0 radical (unpaired) electrons. The van der Waals surface area contributed by atoms with Crippen molar-refractivity contribution in [2.45, 2.75) is 13.5 Å². The number of hydrogen-bond donors (Lipinski definition) is 0. The van der Waals surface area contributed by atoms with Crippen molar-refractivity contribution >= 4 is 11.6 Å². The van der Waals surface area contributed by atoms with E-state index in [1.165, 1.54) is 4.57 Å². The molecule has 0 aliphatic carbocycles. The van der Waals surface area contributed by atoms with Crippen LogP contribution in [0.3, 0.4) is 0 Å². The van der Waals surface area contributed by atoms with Crippen LogP contribution in [0.5, 0.6) is 0 Å². The van der Waals surface area contributed by atoms with Crippen molar-refractivity contribution in [1.29, 1.82) is 0 Å². The van der Waals surface area contributed by atoms with Crippen LogP contribution in [0.4, 0.5) is 0 Å². The first-order valence-corrected chi connectivity index (χ1v) is 4.94. The average molecular weight is 217 g/mol. The number of nitrogens with zero attached hydrogens (tertiary/aromatic N) is 2. The molecule has 0 saturated carbocycles. The second-order valence-electron chi connectivity index (χ2n) is 2.91. The summed E-state index contributed by atoms with van der Waals surface area (Å²) in [5.41, 5.74) is 0.715. The lowest BCUT2D eigenvalue weighted by Crippen LogP contribution is -2.24. The molecule has 0 N–H and O–H groups in total. The third-order valence-electron chi connectivity index (χ3n) is 1.68. The van der Waals surface area contributed by atoms with Gasteiger partial charge in [0.1, 0.15) is 0 Å². The Balaban J connectivity index is 2.49. The van der Waals surface area contributed by atoms with Gasteiger partial charge < -0.3 is 4.74 Å². The van der Waals surface area contributed by atoms with Crippen LogP contribution in [0.25, 0.3) is 0 Å². The van der Waals surface area contributed by atoms with E-state index >= 15 is 0 Å². The van der Waals surface area contributed by atoms with E-state index in [1.54, 1.807) is 12.4 Å². The summed E-state index contributed by atoms with van der Waals surface area (Å²) in [6.45, 7) is 3.40. The van der Waals surface area contributed by atoms with E-state index in [2.05, 4.69) is 4.98 Å². The Morgan fingerprint density at radius 3 is 3.07 bits per heavy atom. The van der Waals surface area contributed by atoms with Gasteiger partial charge in [0.15, 0.2) is 0 Å². The van der Waals surface area contributed by atoms with E-state index in [0.29, 0.717) is 25.6 Å². The van der Waals surface area contributed by atoms with Crippen LogP contribution in [0.1, 0.15) is 5.56 Å². The van der Waals surface area contributed by atoms with E-state index in [9.17, 15) is 4.79 Å². The summed E-state index contributed by atoms with van der Waals surface area (Å²) in [5.74, 6) is 0.473. The first-order valence-electron chi connectivity index (χ1n) is 4.41. The topological polar surface area (TPSA) is 44.1 Å². The van der Waals surface area contributed by atoms with Gasteiger partial charge in [0.25, 0.3) is 0 Å². The number of halogens is 1. The normalized spacial score (nSPS) is 10.4. The number of alkyl halides is 1. The zero-order valence-electron chi connectivity index (χ0n) is 8.07. The van der Waals surface area contributed by atoms with E-state index < -0.39 is 0 Å². The van der Waals surface area contributed by atoms with Crippen molar-refractivity contribution in [3.05, 3.63) is 28.4 Å². The lowest BCUT2D eigenvalue weighted by molar-refractivity contribution is 0.139. The second kappa shape index (κ2) is 5.78. The van der Waals surface area contributed by atoms with Gasteiger partial charge in [-0.15, -0.1) is 11.6 Å². The Bertz CT molecular complexity index is 338. The lowest BCUT2D eigenvalue weighted by atomic mass is 10.4. The van der Waals surface area contributed by atoms with Gasteiger partial charge in [-0.2, -0.15) is 0 Å². The van der Waals surface area contributed by atoms with Gasteiger partial charge >= 0.3 is 5.69 Å². The Kier molecular flexibility index (Phi) is 4.62. The summed E-state index contributed by atoms with van der Waals surface area (Å²) < 4.78 is 6.69. The largest absolute Gasteiger partial charge is 0.378 e. The summed E-state index contributed by atoms with van der Waals surface area (Å²) >= 11 is 5.43. The Labute approximate surface area is 87.5 Å². The number of aromatic nitrogens is 2. The molecule has 0 unspecified atom stereocenters. The van der Waals surface area contributed by atoms with Gasteiger partial charge in [-0.05, 0) is 12.5 Å². The molecule has 1 aromatic rings. The quantitative estimate of drug-likeness (QED) is 0.541. The minimum absolute atomic E-state index is 0.245. The Morgan fingerprint density at radius 1 is 1.57 bits per heavy atom. The summed E-state index contributed by atoms with van der Waals surface area (Å²) in [5, 5.41) is 0. The maximum atomic E-state index is 11.2. The highest BCUT2D eigenvalue weighted by Gasteiger charge is 1.96. The molecule has 0 atom stereocenters. The number of hydrogen-bond acceptors (Lipinski definition) is 3. The van der Waals surface area contributed by atoms with Crippen molar-refractivity contribution < 1.29 is 4.74 Å². The molecule has 0 aliphatic heterocycles. The predicted molar refractivity (Wildman–Crippen MR) is 54.8 cm³/mol. The maximum Gasteiger partial charge on any atom is 0.347 e. The van der Waals surface area contributed by atoms with Gasteiger partial charge in [-0.25, -0.2) is 9.78 Å². The van der Waals surface area contributed by atoms with E-state index in [4.69, 9.17) is 16.3 Å². The van der Waals surface area contributed by atoms with Crippen molar-refractivity contribution in [3.63, 3.8) is 0 Å². The maximum absolute atomic E-state index is 11.2. The highest BCUT2D eigenvalue weighted by Crippen LogP contribution is 1.90. The van der Waals surface area contributed by atoms with Crippen LogP contribution >= 0.6 is 11.6 Å². The zero-order chi connectivity index (χ0) is 10.4. The molecule has 0 amide bonds. The fourth-order valence-electron chi connectivity index (χ4n) is 1.05. The molecule has 0 aliphatic rings. The molecule has 1 aromatic heterocycles. The standard InChI is InChI=1S/C9H13ClN2O2/c1-8-6-11-9(13)12(7-8)3-5-14-4-2-10/h6-7H,2-5H2,1H3. The fraction of sp³-hybridized carbons (Fsp3) is 0.556. The minimum atomic E-state index is -0.245. The van der Waals surface area contributed by atoms with Gasteiger partial charge in [-0.3, -0.25) is 4.57 Å². The molecular weight excluding hydrogens is 204 g/mol. The smallest absolute Gasteiger partial charge is 0.347 e.